The smallest absolute Gasteiger partial charge is 0.0774 e. The van der Waals surface area contributed by atoms with Crippen molar-refractivity contribution in [3.05, 3.63) is 0 Å². The number of aliphatic hydroxyl groups excluding tert-OH is 1. The number of hydrogen-bond acceptors (Lipinski definition) is 3. The molecule has 2 N–H and O–H groups in total. The fraction of sp³-hybridized carbons (Fsp3) is 1.00. The highest BCUT2D eigenvalue weighted by molar-refractivity contribution is 4.89. The highest BCUT2D eigenvalue weighted by Crippen LogP contribution is 2.31. The van der Waals surface area contributed by atoms with Gasteiger partial charge in [-0.25, -0.2) is 0 Å². The van der Waals surface area contributed by atoms with E-state index in [9.17, 15) is 10.2 Å². The van der Waals surface area contributed by atoms with Crippen molar-refractivity contribution in [3.63, 3.8) is 0 Å². The highest BCUT2D eigenvalue weighted by atomic mass is 16.3. The van der Waals surface area contributed by atoms with E-state index in [-0.39, 0.29) is 6.10 Å². The van der Waals surface area contributed by atoms with Crippen LogP contribution in [-0.4, -0.2) is 46.5 Å². The van der Waals surface area contributed by atoms with Crippen molar-refractivity contribution in [1.29, 1.82) is 0 Å². The summed E-state index contributed by atoms with van der Waals surface area (Å²) in [6.07, 6.45) is 8.20. The van der Waals surface area contributed by atoms with Crippen LogP contribution in [0.4, 0.5) is 0 Å². The summed E-state index contributed by atoms with van der Waals surface area (Å²) in [7, 11) is 2.12. The number of nitrogens with zero attached hydrogens (tertiary/aromatic N) is 1. The Labute approximate surface area is 98.5 Å². The standard InChI is InChI=1S/C13H25NO2/c1-14(10-13(16)8-2-3-9-13)11-4-6-12(15)7-5-11/h11-12,15-16H,2-10H2,1H3. The number of aliphatic hydroxyl groups is 2. The zero-order valence-electron chi connectivity index (χ0n) is 10.4. The lowest BCUT2D eigenvalue weighted by molar-refractivity contribution is -0.00621. The zero-order valence-corrected chi connectivity index (χ0v) is 10.4. The molecule has 0 aromatic carbocycles. The maximum absolute atomic E-state index is 10.4. The molecule has 0 amide bonds. The van der Waals surface area contributed by atoms with Gasteiger partial charge in [0.05, 0.1) is 11.7 Å². The molecular formula is C13H25NO2. The van der Waals surface area contributed by atoms with Crippen LogP contribution in [0.5, 0.6) is 0 Å². The highest BCUT2D eigenvalue weighted by Gasteiger charge is 2.34. The Balaban J connectivity index is 1.81. The SMILES string of the molecule is CN(CC1(O)CCCC1)C1CCC(O)CC1. The normalized spacial score (nSPS) is 34.5. The second kappa shape index (κ2) is 5.03. The summed E-state index contributed by atoms with van der Waals surface area (Å²) in [5.41, 5.74) is -0.426. The average Bonchev–Trinajstić information content (AvgIpc) is 2.65. The minimum absolute atomic E-state index is 0.0841. The van der Waals surface area contributed by atoms with Crippen molar-refractivity contribution >= 4 is 0 Å². The molecule has 3 nitrogen and oxygen atoms in total. The molecule has 0 atom stereocenters. The molecule has 0 heterocycles. The van der Waals surface area contributed by atoms with Gasteiger partial charge < -0.3 is 15.1 Å². The molecule has 0 bridgehead atoms. The Kier molecular flexibility index (Phi) is 3.88. The molecule has 2 saturated carbocycles. The number of hydrogen-bond donors (Lipinski definition) is 2. The molecule has 94 valence electrons. The van der Waals surface area contributed by atoms with E-state index in [1.54, 1.807) is 0 Å². The van der Waals surface area contributed by atoms with Crippen LogP contribution in [0.3, 0.4) is 0 Å². The van der Waals surface area contributed by atoms with Crippen LogP contribution >= 0.6 is 0 Å². The molecule has 2 fully saturated rings. The van der Waals surface area contributed by atoms with Gasteiger partial charge in [0.15, 0.2) is 0 Å². The summed E-state index contributed by atoms with van der Waals surface area (Å²) in [4.78, 5) is 2.32. The van der Waals surface area contributed by atoms with Crippen molar-refractivity contribution in [2.24, 2.45) is 0 Å². The largest absolute Gasteiger partial charge is 0.393 e. The maximum atomic E-state index is 10.4. The van der Waals surface area contributed by atoms with Gasteiger partial charge >= 0.3 is 0 Å². The number of rotatable bonds is 3. The van der Waals surface area contributed by atoms with E-state index in [1.165, 1.54) is 12.8 Å². The molecule has 0 aromatic heterocycles. The summed E-state index contributed by atoms with van der Waals surface area (Å²) < 4.78 is 0. The lowest BCUT2D eigenvalue weighted by Crippen LogP contribution is -2.45. The lowest BCUT2D eigenvalue weighted by Gasteiger charge is -2.37. The second-order valence-electron chi connectivity index (χ2n) is 5.81. The quantitative estimate of drug-likeness (QED) is 0.768. The van der Waals surface area contributed by atoms with Crippen LogP contribution in [0.15, 0.2) is 0 Å². The minimum Gasteiger partial charge on any atom is -0.393 e. The molecule has 0 aromatic rings. The molecule has 0 radical (unpaired) electrons. The Morgan fingerprint density at radius 3 is 2.25 bits per heavy atom. The molecule has 0 unspecified atom stereocenters. The van der Waals surface area contributed by atoms with Crippen LogP contribution in [0.25, 0.3) is 0 Å². The molecule has 0 saturated heterocycles. The van der Waals surface area contributed by atoms with E-state index < -0.39 is 5.60 Å². The Bertz CT molecular complexity index is 218. The first-order valence-corrected chi connectivity index (χ1v) is 6.70. The van der Waals surface area contributed by atoms with E-state index in [4.69, 9.17) is 0 Å². The van der Waals surface area contributed by atoms with Crippen molar-refractivity contribution in [2.45, 2.75) is 69.1 Å². The van der Waals surface area contributed by atoms with Gasteiger partial charge in [-0.1, -0.05) is 12.8 Å². The number of likely N-dealkylation sites (N-methyl/N-ethyl adjacent to an activating group) is 1. The summed E-state index contributed by atoms with van der Waals surface area (Å²) >= 11 is 0. The molecule has 0 aliphatic heterocycles. The minimum atomic E-state index is -0.426. The third-order valence-electron chi connectivity index (χ3n) is 4.37. The fourth-order valence-electron chi connectivity index (χ4n) is 3.28. The van der Waals surface area contributed by atoms with E-state index >= 15 is 0 Å². The van der Waals surface area contributed by atoms with E-state index in [1.807, 2.05) is 0 Å². The van der Waals surface area contributed by atoms with Gasteiger partial charge in [0.1, 0.15) is 0 Å². The van der Waals surface area contributed by atoms with E-state index in [0.29, 0.717) is 6.04 Å². The molecular weight excluding hydrogens is 202 g/mol. The molecule has 16 heavy (non-hydrogen) atoms. The topological polar surface area (TPSA) is 43.7 Å². The molecule has 2 rings (SSSR count). The van der Waals surface area contributed by atoms with Crippen molar-refractivity contribution < 1.29 is 10.2 Å². The van der Waals surface area contributed by atoms with Crippen LogP contribution in [0.1, 0.15) is 51.4 Å². The zero-order chi connectivity index (χ0) is 11.6. The first-order chi connectivity index (χ1) is 7.59. The third kappa shape index (κ3) is 2.96. The van der Waals surface area contributed by atoms with Gasteiger partial charge in [0, 0.05) is 12.6 Å². The van der Waals surface area contributed by atoms with E-state index in [0.717, 1.165) is 45.1 Å². The van der Waals surface area contributed by atoms with Crippen molar-refractivity contribution in [2.75, 3.05) is 13.6 Å². The van der Waals surface area contributed by atoms with Crippen molar-refractivity contribution in [3.8, 4) is 0 Å². The summed E-state index contributed by atoms with van der Waals surface area (Å²) in [5.74, 6) is 0. The second-order valence-corrected chi connectivity index (χ2v) is 5.81. The first kappa shape index (κ1) is 12.3. The average molecular weight is 227 g/mol. The predicted molar refractivity (Wildman–Crippen MR) is 64.3 cm³/mol. The van der Waals surface area contributed by atoms with Crippen molar-refractivity contribution in [1.82, 2.24) is 4.90 Å². The first-order valence-electron chi connectivity index (χ1n) is 6.70. The summed E-state index contributed by atoms with van der Waals surface area (Å²) in [6.45, 7) is 0.813. The summed E-state index contributed by atoms with van der Waals surface area (Å²) in [5, 5.41) is 19.8. The van der Waals surface area contributed by atoms with Gasteiger partial charge in [-0.2, -0.15) is 0 Å². The fourth-order valence-corrected chi connectivity index (χ4v) is 3.28. The molecule has 3 heteroatoms. The Hall–Kier alpha value is -0.120. The van der Waals surface area contributed by atoms with Gasteiger partial charge in [-0.3, -0.25) is 0 Å². The van der Waals surface area contributed by atoms with E-state index in [2.05, 4.69) is 11.9 Å². The third-order valence-corrected chi connectivity index (χ3v) is 4.37. The molecule has 2 aliphatic rings. The van der Waals surface area contributed by atoms with Crippen LogP contribution in [-0.2, 0) is 0 Å². The predicted octanol–water partition coefficient (Wildman–Crippen LogP) is 1.53. The van der Waals surface area contributed by atoms with Crippen LogP contribution in [0.2, 0.25) is 0 Å². The van der Waals surface area contributed by atoms with Gasteiger partial charge in [0.2, 0.25) is 0 Å². The lowest BCUT2D eigenvalue weighted by atomic mass is 9.91. The molecule has 0 spiro atoms. The van der Waals surface area contributed by atoms with Gasteiger partial charge in [-0.15, -0.1) is 0 Å². The summed E-state index contributed by atoms with van der Waals surface area (Å²) in [6, 6.07) is 0.563. The Morgan fingerprint density at radius 1 is 1.12 bits per heavy atom. The Morgan fingerprint density at radius 2 is 1.69 bits per heavy atom. The van der Waals surface area contributed by atoms with Gasteiger partial charge in [-0.05, 0) is 45.6 Å². The van der Waals surface area contributed by atoms with Gasteiger partial charge in [0.25, 0.3) is 0 Å². The maximum Gasteiger partial charge on any atom is 0.0774 e. The van der Waals surface area contributed by atoms with Crippen LogP contribution < -0.4 is 0 Å². The van der Waals surface area contributed by atoms with Crippen LogP contribution in [0, 0.1) is 0 Å². The monoisotopic (exact) mass is 227 g/mol. The molecule has 2 aliphatic carbocycles.